The van der Waals surface area contributed by atoms with E-state index in [2.05, 4.69) is 16.0 Å². The zero-order chi connectivity index (χ0) is 11.0. The van der Waals surface area contributed by atoms with Gasteiger partial charge in [-0.2, -0.15) is 0 Å². The van der Waals surface area contributed by atoms with E-state index in [9.17, 15) is 0 Å². The molecule has 2 aromatic heterocycles. The van der Waals surface area contributed by atoms with Crippen LogP contribution in [0.15, 0.2) is 47.1 Å². The lowest BCUT2D eigenvalue weighted by molar-refractivity contribution is 0.619. The van der Waals surface area contributed by atoms with Gasteiger partial charge in [0.15, 0.2) is 5.58 Å². The summed E-state index contributed by atoms with van der Waals surface area (Å²) in [6.45, 7) is 2.05. The van der Waals surface area contributed by atoms with Crippen molar-refractivity contribution in [1.82, 2.24) is 9.97 Å². The second kappa shape index (κ2) is 3.45. The number of hydrogen-bond donors (Lipinski definition) is 0. The molecule has 0 saturated carbocycles. The number of rotatable bonds is 1. The van der Waals surface area contributed by atoms with E-state index in [4.69, 9.17) is 4.42 Å². The number of aryl methyl sites for hydroxylation is 1. The number of fused-ring (bicyclic) bond motifs is 1. The standard InChI is InChI=1S/C13H10N2O/c1-9-3-2-4-10(7-9)13-15-11-8-14-6-5-12(11)16-13/h2-8H,1H3. The summed E-state index contributed by atoms with van der Waals surface area (Å²) in [4.78, 5) is 8.41. The number of nitrogens with zero attached hydrogens (tertiary/aromatic N) is 2. The third-order valence-electron chi connectivity index (χ3n) is 2.45. The second-order valence-corrected chi connectivity index (χ2v) is 3.73. The topological polar surface area (TPSA) is 38.9 Å². The fourth-order valence-electron chi connectivity index (χ4n) is 1.68. The number of aromatic nitrogens is 2. The molecule has 1 aromatic carbocycles. The molecule has 0 unspecified atom stereocenters. The first-order chi connectivity index (χ1) is 7.83. The van der Waals surface area contributed by atoms with E-state index >= 15 is 0 Å². The molecule has 0 saturated heterocycles. The normalized spacial score (nSPS) is 10.8. The van der Waals surface area contributed by atoms with E-state index in [1.54, 1.807) is 12.4 Å². The van der Waals surface area contributed by atoms with Crippen LogP contribution in [0.1, 0.15) is 5.56 Å². The van der Waals surface area contributed by atoms with Gasteiger partial charge in [-0.05, 0) is 19.1 Å². The summed E-state index contributed by atoms with van der Waals surface area (Å²) < 4.78 is 5.66. The van der Waals surface area contributed by atoms with Gasteiger partial charge in [0.25, 0.3) is 0 Å². The molecule has 3 rings (SSSR count). The van der Waals surface area contributed by atoms with E-state index < -0.39 is 0 Å². The van der Waals surface area contributed by atoms with E-state index in [1.807, 2.05) is 31.2 Å². The number of pyridine rings is 1. The zero-order valence-corrected chi connectivity index (χ0v) is 8.84. The Morgan fingerprint density at radius 2 is 2.12 bits per heavy atom. The summed E-state index contributed by atoms with van der Waals surface area (Å²) in [5.74, 6) is 0.645. The molecule has 0 amide bonds. The highest BCUT2D eigenvalue weighted by Gasteiger charge is 2.07. The summed E-state index contributed by atoms with van der Waals surface area (Å²) in [6, 6.07) is 9.91. The average Bonchev–Trinajstić information content (AvgIpc) is 2.72. The van der Waals surface area contributed by atoms with Gasteiger partial charge in [0.2, 0.25) is 5.89 Å². The molecule has 3 heteroatoms. The first-order valence-electron chi connectivity index (χ1n) is 5.10. The molecule has 3 aromatic rings. The van der Waals surface area contributed by atoms with Gasteiger partial charge in [0, 0.05) is 17.8 Å². The van der Waals surface area contributed by atoms with Gasteiger partial charge < -0.3 is 4.42 Å². The molecule has 2 heterocycles. The summed E-state index contributed by atoms with van der Waals surface area (Å²) in [5, 5.41) is 0. The molecular formula is C13H10N2O. The van der Waals surface area contributed by atoms with Crippen LogP contribution in [-0.4, -0.2) is 9.97 Å². The summed E-state index contributed by atoms with van der Waals surface area (Å²) in [6.07, 6.45) is 3.41. The van der Waals surface area contributed by atoms with Crippen LogP contribution in [0.5, 0.6) is 0 Å². The molecule has 0 radical (unpaired) electrons. The Kier molecular flexibility index (Phi) is 1.96. The minimum atomic E-state index is 0.645. The Labute approximate surface area is 92.8 Å². The van der Waals surface area contributed by atoms with Gasteiger partial charge in [-0.15, -0.1) is 0 Å². The minimum Gasteiger partial charge on any atom is -0.436 e. The predicted octanol–water partition coefficient (Wildman–Crippen LogP) is 3.20. The molecule has 0 aliphatic carbocycles. The molecule has 0 N–H and O–H groups in total. The van der Waals surface area contributed by atoms with Crippen molar-refractivity contribution in [2.45, 2.75) is 6.92 Å². The lowest BCUT2D eigenvalue weighted by Gasteiger charge is -1.95. The van der Waals surface area contributed by atoms with Crippen LogP contribution in [0.4, 0.5) is 0 Å². The van der Waals surface area contributed by atoms with Crippen molar-refractivity contribution < 1.29 is 4.42 Å². The molecule has 0 fully saturated rings. The molecular weight excluding hydrogens is 200 g/mol. The largest absolute Gasteiger partial charge is 0.436 e. The van der Waals surface area contributed by atoms with Gasteiger partial charge >= 0.3 is 0 Å². The van der Waals surface area contributed by atoms with Crippen molar-refractivity contribution in [2.24, 2.45) is 0 Å². The van der Waals surface area contributed by atoms with E-state index in [0.29, 0.717) is 5.89 Å². The van der Waals surface area contributed by atoms with E-state index in [-0.39, 0.29) is 0 Å². The molecule has 0 atom stereocenters. The maximum atomic E-state index is 5.66. The lowest BCUT2D eigenvalue weighted by atomic mass is 10.1. The van der Waals surface area contributed by atoms with Crippen LogP contribution >= 0.6 is 0 Å². The molecule has 0 bridgehead atoms. The van der Waals surface area contributed by atoms with Crippen LogP contribution in [-0.2, 0) is 0 Å². The van der Waals surface area contributed by atoms with Gasteiger partial charge in [-0.1, -0.05) is 17.7 Å². The summed E-state index contributed by atoms with van der Waals surface area (Å²) in [5.41, 5.74) is 3.75. The average molecular weight is 210 g/mol. The van der Waals surface area contributed by atoms with Crippen molar-refractivity contribution in [1.29, 1.82) is 0 Å². The SMILES string of the molecule is Cc1cccc(-c2nc3cnccc3o2)c1. The molecule has 16 heavy (non-hydrogen) atoms. The van der Waals surface area contributed by atoms with Crippen LogP contribution in [0.3, 0.4) is 0 Å². The maximum absolute atomic E-state index is 5.66. The zero-order valence-electron chi connectivity index (χ0n) is 8.84. The van der Waals surface area contributed by atoms with Crippen molar-refractivity contribution >= 4 is 11.1 Å². The van der Waals surface area contributed by atoms with E-state index in [0.717, 1.165) is 16.7 Å². The first-order valence-corrected chi connectivity index (χ1v) is 5.10. The van der Waals surface area contributed by atoms with Gasteiger partial charge in [-0.25, -0.2) is 4.98 Å². The van der Waals surface area contributed by atoms with Crippen molar-refractivity contribution in [2.75, 3.05) is 0 Å². The number of hydrogen-bond acceptors (Lipinski definition) is 3. The van der Waals surface area contributed by atoms with Crippen LogP contribution in [0.25, 0.3) is 22.6 Å². The fourth-order valence-corrected chi connectivity index (χ4v) is 1.68. The van der Waals surface area contributed by atoms with E-state index in [1.165, 1.54) is 5.56 Å². The van der Waals surface area contributed by atoms with Crippen LogP contribution in [0, 0.1) is 6.92 Å². The molecule has 0 aliphatic rings. The molecule has 3 nitrogen and oxygen atoms in total. The highest BCUT2D eigenvalue weighted by Crippen LogP contribution is 2.23. The third-order valence-corrected chi connectivity index (χ3v) is 2.45. The Morgan fingerprint density at radius 1 is 1.19 bits per heavy atom. The quantitative estimate of drug-likeness (QED) is 0.619. The van der Waals surface area contributed by atoms with Gasteiger partial charge in [-0.3, -0.25) is 4.98 Å². The molecule has 0 aliphatic heterocycles. The van der Waals surface area contributed by atoms with Gasteiger partial charge in [0.1, 0.15) is 5.52 Å². The van der Waals surface area contributed by atoms with Crippen molar-refractivity contribution in [3.8, 4) is 11.5 Å². The van der Waals surface area contributed by atoms with Crippen LogP contribution in [0.2, 0.25) is 0 Å². The summed E-state index contributed by atoms with van der Waals surface area (Å²) >= 11 is 0. The first kappa shape index (κ1) is 9.09. The smallest absolute Gasteiger partial charge is 0.227 e. The molecule has 78 valence electrons. The second-order valence-electron chi connectivity index (χ2n) is 3.73. The van der Waals surface area contributed by atoms with Crippen molar-refractivity contribution in [3.05, 3.63) is 48.3 Å². The maximum Gasteiger partial charge on any atom is 0.227 e. The van der Waals surface area contributed by atoms with Crippen LogP contribution < -0.4 is 0 Å². The molecule has 0 spiro atoms. The highest BCUT2D eigenvalue weighted by molar-refractivity contribution is 5.74. The van der Waals surface area contributed by atoms with Crippen molar-refractivity contribution in [3.63, 3.8) is 0 Å². The third kappa shape index (κ3) is 1.46. The lowest BCUT2D eigenvalue weighted by Crippen LogP contribution is -1.78. The predicted molar refractivity (Wildman–Crippen MR) is 62.0 cm³/mol. The number of oxazole rings is 1. The highest BCUT2D eigenvalue weighted by atomic mass is 16.3. The minimum absolute atomic E-state index is 0.645. The van der Waals surface area contributed by atoms with Gasteiger partial charge in [0.05, 0.1) is 6.20 Å². The Balaban J connectivity index is 2.19. The Morgan fingerprint density at radius 3 is 2.94 bits per heavy atom. The fraction of sp³-hybridized carbons (Fsp3) is 0.0769. The number of benzene rings is 1. The Bertz CT molecular complexity index is 610. The summed E-state index contributed by atoms with van der Waals surface area (Å²) in [7, 11) is 0. The monoisotopic (exact) mass is 210 g/mol. The Hall–Kier alpha value is -2.16.